The first-order chi connectivity index (χ1) is 7.68. The van der Waals surface area contributed by atoms with Crippen molar-refractivity contribution in [3.05, 3.63) is 0 Å². The highest BCUT2D eigenvalue weighted by molar-refractivity contribution is 7.99. The first kappa shape index (κ1) is 15.3. The van der Waals surface area contributed by atoms with Gasteiger partial charge in [0.25, 0.3) is 0 Å². The normalized spacial score (nSPS) is 30.2. The van der Waals surface area contributed by atoms with Crippen LogP contribution in [-0.2, 0) is 4.74 Å². The third-order valence-electron chi connectivity index (χ3n) is 3.81. The fourth-order valence-electron chi connectivity index (χ4n) is 2.78. The van der Waals surface area contributed by atoms with E-state index in [1.807, 2.05) is 11.8 Å². The van der Waals surface area contributed by atoms with Crippen LogP contribution >= 0.6 is 11.8 Å². The second-order valence-corrected chi connectivity index (χ2v) is 7.96. The van der Waals surface area contributed by atoms with Crippen molar-refractivity contribution in [2.75, 3.05) is 5.75 Å². The van der Waals surface area contributed by atoms with Gasteiger partial charge in [0.15, 0.2) is 0 Å². The smallest absolute Gasteiger partial charge is 0.0677 e. The van der Waals surface area contributed by atoms with Crippen LogP contribution in [0.15, 0.2) is 0 Å². The van der Waals surface area contributed by atoms with E-state index in [0.29, 0.717) is 11.2 Å². The molecule has 0 amide bonds. The van der Waals surface area contributed by atoms with Gasteiger partial charge in [-0.1, -0.05) is 13.8 Å². The fourth-order valence-corrected chi connectivity index (χ4v) is 3.80. The van der Waals surface area contributed by atoms with E-state index >= 15 is 0 Å². The monoisotopic (exact) mass is 259 g/mol. The van der Waals surface area contributed by atoms with E-state index in [2.05, 4.69) is 41.5 Å². The van der Waals surface area contributed by atoms with Gasteiger partial charge in [-0.2, -0.15) is 11.8 Å². The van der Waals surface area contributed by atoms with Gasteiger partial charge in [0, 0.05) is 23.0 Å². The van der Waals surface area contributed by atoms with Crippen LogP contribution in [0.1, 0.15) is 54.4 Å². The van der Waals surface area contributed by atoms with Crippen molar-refractivity contribution in [2.24, 2.45) is 11.7 Å². The molecule has 102 valence electrons. The molecule has 1 aliphatic rings. The minimum Gasteiger partial charge on any atom is -0.369 e. The van der Waals surface area contributed by atoms with Crippen LogP contribution < -0.4 is 5.73 Å². The molecule has 1 heterocycles. The summed E-state index contributed by atoms with van der Waals surface area (Å²) in [4.78, 5) is 0. The quantitative estimate of drug-likeness (QED) is 0.821. The lowest BCUT2D eigenvalue weighted by molar-refractivity contribution is -0.0759. The van der Waals surface area contributed by atoms with Crippen LogP contribution in [0.25, 0.3) is 0 Å². The largest absolute Gasteiger partial charge is 0.369 e. The number of hydrogen-bond donors (Lipinski definition) is 1. The summed E-state index contributed by atoms with van der Waals surface area (Å²) in [5.41, 5.74) is 6.27. The summed E-state index contributed by atoms with van der Waals surface area (Å²) in [6.45, 7) is 13.2. The van der Waals surface area contributed by atoms with E-state index in [-0.39, 0.29) is 17.2 Å². The molecule has 17 heavy (non-hydrogen) atoms. The highest BCUT2D eigenvalue weighted by Crippen LogP contribution is 2.43. The molecule has 1 fully saturated rings. The maximum Gasteiger partial charge on any atom is 0.0677 e. The molecule has 2 nitrogen and oxygen atoms in total. The predicted molar refractivity (Wildman–Crippen MR) is 77.5 cm³/mol. The van der Waals surface area contributed by atoms with Gasteiger partial charge in [0.2, 0.25) is 0 Å². The van der Waals surface area contributed by atoms with Crippen LogP contribution in [0.5, 0.6) is 0 Å². The van der Waals surface area contributed by atoms with Crippen molar-refractivity contribution in [3.8, 4) is 0 Å². The van der Waals surface area contributed by atoms with Crippen molar-refractivity contribution in [1.29, 1.82) is 0 Å². The zero-order chi connectivity index (χ0) is 13.3. The Morgan fingerprint density at radius 3 is 2.35 bits per heavy atom. The Kier molecular flexibility index (Phi) is 4.96. The zero-order valence-electron chi connectivity index (χ0n) is 12.2. The summed E-state index contributed by atoms with van der Waals surface area (Å²) in [5, 5.41) is 0.708. The minimum atomic E-state index is -0.0844. The maximum atomic E-state index is 6.38. The summed E-state index contributed by atoms with van der Waals surface area (Å²) in [5.74, 6) is 1.51. The van der Waals surface area contributed by atoms with E-state index in [9.17, 15) is 0 Å². The van der Waals surface area contributed by atoms with Crippen molar-refractivity contribution >= 4 is 11.8 Å². The number of ether oxygens (including phenoxy) is 1. The van der Waals surface area contributed by atoms with Gasteiger partial charge in [-0.3, -0.25) is 0 Å². The summed E-state index contributed by atoms with van der Waals surface area (Å²) in [6.07, 6.45) is 2.29. The Balaban J connectivity index is 2.54. The van der Waals surface area contributed by atoms with Crippen LogP contribution in [0.3, 0.4) is 0 Å². The molecule has 0 spiro atoms. The summed E-state index contributed by atoms with van der Waals surface area (Å²) < 4.78 is 6.11. The van der Waals surface area contributed by atoms with Gasteiger partial charge in [-0.25, -0.2) is 0 Å². The minimum absolute atomic E-state index is 0.0210. The maximum absolute atomic E-state index is 6.38. The standard InChI is InChI=1S/C14H29NOS/c1-7-10(2)17-9-12(15)11-8-13(3,4)16-14(11,5)6/h10-12H,7-9,15H2,1-6H3. The molecule has 3 atom stereocenters. The second kappa shape index (κ2) is 5.50. The number of nitrogens with two attached hydrogens (primary N) is 1. The van der Waals surface area contributed by atoms with Gasteiger partial charge < -0.3 is 10.5 Å². The molecule has 0 aromatic rings. The molecular weight excluding hydrogens is 230 g/mol. The molecule has 1 rings (SSSR count). The molecule has 2 N–H and O–H groups in total. The summed E-state index contributed by atoms with van der Waals surface area (Å²) >= 11 is 1.99. The Morgan fingerprint density at radius 1 is 1.35 bits per heavy atom. The predicted octanol–water partition coefficient (Wildman–Crippen LogP) is 3.44. The van der Waals surface area contributed by atoms with Gasteiger partial charge in [-0.15, -0.1) is 0 Å². The Morgan fingerprint density at radius 2 is 1.94 bits per heavy atom. The number of thioether (sulfide) groups is 1. The molecule has 3 heteroatoms. The first-order valence-electron chi connectivity index (χ1n) is 6.75. The molecule has 0 aromatic carbocycles. The molecule has 0 bridgehead atoms. The summed E-state index contributed by atoms with van der Waals surface area (Å²) in [6, 6.07) is 0.241. The lowest BCUT2D eigenvalue weighted by atomic mass is 9.83. The fraction of sp³-hybridized carbons (Fsp3) is 1.00. The Hall–Kier alpha value is 0.270. The van der Waals surface area contributed by atoms with Crippen molar-refractivity contribution in [1.82, 2.24) is 0 Å². The van der Waals surface area contributed by atoms with E-state index in [1.165, 1.54) is 6.42 Å². The van der Waals surface area contributed by atoms with E-state index < -0.39 is 0 Å². The van der Waals surface area contributed by atoms with Gasteiger partial charge >= 0.3 is 0 Å². The molecule has 1 aliphatic heterocycles. The van der Waals surface area contributed by atoms with Crippen LogP contribution in [0.4, 0.5) is 0 Å². The average Bonchev–Trinajstić information content (AvgIpc) is 2.42. The van der Waals surface area contributed by atoms with Crippen molar-refractivity contribution < 1.29 is 4.74 Å². The average molecular weight is 259 g/mol. The van der Waals surface area contributed by atoms with E-state index in [4.69, 9.17) is 10.5 Å². The summed E-state index contributed by atoms with van der Waals surface area (Å²) in [7, 11) is 0. The molecule has 0 radical (unpaired) electrons. The number of rotatable bonds is 5. The Bertz CT molecular complexity index is 253. The lowest BCUT2D eigenvalue weighted by Gasteiger charge is -2.31. The van der Waals surface area contributed by atoms with Crippen molar-refractivity contribution in [2.45, 2.75) is 76.9 Å². The van der Waals surface area contributed by atoms with Crippen LogP contribution in [-0.4, -0.2) is 28.2 Å². The van der Waals surface area contributed by atoms with Gasteiger partial charge in [0.05, 0.1) is 11.2 Å². The van der Waals surface area contributed by atoms with Gasteiger partial charge in [-0.05, 0) is 40.5 Å². The van der Waals surface area contributed by atoms with E-state index in [0.717, 1.165) is 12.2 Å². The topological polar surface area (TPSA) is 35.2 Å². The molecule has 3 unspecified atom stereocenters. The SMILES string of the molecule is CCC(C)SCC(N)C1CC(C)(C)OC1(C)C. The third-order valence-corrected chi connectivity index (χ3v) is 5.29. The first-order valence-corrected chi connectivity index (χ1v) is 7.80. The highest BCUT2D eigenvalue weighted by atomic mass is 32.2. The zero-order valence-corrected chi connectivity index (χ0v) is 13.1. The lowest BCUT2D eigenvalue weighted by Crippen LogP contribution is -2.42. The van der Waals surface area contributed by atoms with Crippen molar-refractivity contribution in [3.63, 3.8) is 0 Å². The Labute approximate surface area is 111 Å². The highest BCUT2D eigenvalue weighted by Gasteiger charge is 2.47. The molecule has 1 saturated heterocycles. The molecule has 0 saturated carbocycles. The number of hydrogen-bond acceptors (Lipinski definition) is 3. The molecular formula is C14H29NOS. The molecule has 0 aromatic heterocycles. The van der Waals surface area contributed by atoms with E-state index in [1.54, 1.807) is 0 Å². The van der Waals surface area contributed by atoms with Crippen LogP contribution in [0, 0.1) is 5.92 Å². The molecule has 0 aliphatic carbocycles. The third kappa shape index (κ3) is 4.15. The second-order valence-electron chi connectivity index (χ2n) is 6.49. The van der Waals surface area contributed by atoms with Crippen LogP contribution in [0.2, 0.25) is 0 Å². The van der Waals surface area contributed by atoms with Gasteiger partial charge in [0.1, 0.15) is 0 Å².